The molecule has 0 unspecified atom stereocenters. The largest absolute Gasteiger partial charge is 0.496 e. The van der Waals surface area contributed by atoms with Gasteiger partial charge in [-0.3, -0.25) is 0 Å². The summed E-state index contributed by atoms with van der Waals surface area (Å²) in [4.78, 5) is 4.26. The minimum Gasteiger partial charge on any atom is -0.496 e. The number of nitrogens with one attached hydrogen (secondary N) is 1. The lowest BCUT2D eigenvalue weighted by atomic mass is 9.90. The van der Waals surface area contributed by atoms with Crippen LogP contribution >= 0.6 is 0 Å². The van der Waals surface area contributed by atoms with Gasteiger partial charge in [0.2, 0.25) is 5.88 Å². The first-order valence-electron chi connectivity index (χ1n) is 5.64. The second-order valence-electron chi connectivity index (χ2n) is 3.96. The lowest BCUT2D eigenvalue weighted by molar-refractivity contribution is 0.353. The SMILES string of the molecule is COc1ccnc(OC)c1C1CCNCC1. The van der Waals surface area contributed by atoms with Gasteiger partial charge in [-0.1, -0.05) is 0 Å². The number of rotatable bonds is 3. The van der Waals surface area contributed by atoms with E-state index in [0.29, 0.717) is 11.8 Å². The van der Waals surface area contributed by atoms with E-state index >= 15 is 0 Å². The average molecular weight is 222 g/mol. The van der Waals surface area contributed by atoms with Crippen LogP contribution in [-0.2, 0) is 0 Å². The maximum absolute atomic E-state index is 5.40. The Hall–Kier alpha value is -1.29. The summed E-state index contributed by atoms with van der Waals surface area (Å²) < 4.78 is 10.7. The zero-order valence-electron chi connectivity index (χ0n) is 9.82. The number of aromatic nitrogens is 1. The maximum Gasteiger partial charge on any atom is 0.220 e. The van der Waals surface area contributed by atoms with Crippen molar-refractivity contribution >= 4 is 0 Å². The van der Waals surface area contributed by atoms with Crippen LogP contribution in [0.15, 0.2) is 12.3 Å². The molecule has 0 amide bonds. The van der Waals surface area contributed by atoms with Gasteiger partial charge in [-0.05, 0) is 37.9 Å². The molecule has 1 aromatic rings. The van der Waals surface area contributed by atoms with E-state index in [1.807, 2.05) is 6.07 Å². The van der Waals surface area contributed by atoms with Crippen LogP contribution in [0.4, 0.5) is 0 Å². The van der Waals surface area contributed by atoms with Crippen molar-refractivity contribution in [1.82, 2.24) is 10.3 Å². The van der Waals surface area contributed by atoms with Crippen molar-refractivity contribution in [1.29, 1.82) is 0 Å². The zero-order valence-corrected chi connectivity index (χ0v) is 9.82. The first-order chi connectivity index (χ1) is 7.86. The molecule has 1 saturated heterocycles. The van der Waals surface area contributed by atoms with Crippen molar-refractivity contribution in [2.45, 2.75) is 18.8 Å². The van der Waals surface area contributed by atoms with Crippen LogP contribution in [0.25, 0.3) is 0 Å². The molecule has 88 valence electrons. The average Bonchev–Trinajstić information content (AvgIpc) is 2.38. The molecule has 16 heavy (non-hydrogen) atoms. The molecule has 2 rings (SSSR count). The molecule has 0 saturated carbocycles. The van der Waals surface area contributed by atoms with Crippen molar-refractivity contribution in [3.05, 3.63) is 17.8 Å². The van der Waals surface area contributed by atoms with Crippen molar-refractivity contribution in [2.24, 2.45) is 0 Å². The third-order valence-corrected chi connectivity index (χ3v) is 3.07. The molecule has 0 spiro atoms. The summed E-state index contributed by atoms with van der Waals surface area (Å²) >= 11 is 0. The molecule has 0 aliphatic carbocycles. The minimum absolute atomic E-state index is 0.486. The third kappa shape index (κ3) is 2.11. The Balaban J connectivity index is 2.34. The van der Waals surface area contributed by atoms with Crippen LogP contribution in [0, 0.1) is 0 Å². The van der Waals surface area contributed by atoms with Crippen LogP contribution < -0.4 is 14.8 Å². The van der Waals surface area contributed by atoms with E-state index in [2.05, 4.69) is 10.3 Å². The van der Waals surface area contributed by atoms with Gasteiger partial charge in [0.05, 0.1) is 19.8 Å². The van der Waals surface area contributed by atoms with E-state index in [1.54, 1.807) is 20.4 Å². The zero-order chi connectivity index (χ0) is 11.4. The maximum atomic E-state index is 5.40. The molecule has 1 aliphatic rings. The Morgan fingerprint density at radius 3 is 2.62 bits per heavy atom. The predicted octanol–water partition coefficient (Wildman–Crippen LogP) is 1.57. The number of piperidine rings is 1. The van der Waals surface area contributed by atoms with Gasteiger partial charge in [0.15, 0.2) is 0 Å². The van der Waals surface area contributed by atoms with Crippen LogP contribution in [0.5, 0.6) is 11.6 Å². The summed E-state index contributed by atoms with van der Waals surface area (Å²) in [5.74, 6) is 2.07. The molecule has 1 fully saturated rings. The number of ether oxygens (including phenoxy) is 2. The van der Waals surface area contributed by atoms with Gasteiger partial charge in [-0.25, -0.2) is 4.98 Å². The van der Waals surface area contributed by atoms with Gasteiger partial charge in [0.1, 0.15) is 5.75 Å². The highest BCUT2D eigenvalue weighted by atomic mass is 16.5. The third-order valence-electron chi connectivity index (χ3n) is 3.07. The number of pyridine rings is 1. The predicted molar refractivity (Wildman–Crippen MR) is 62.2 cm³/mol. The van der Waals surface area contributed by atoms with E-state index in [-0.39, 0.29) is 0 Å². The number of nitrogens with zero attached hydrogens (tertiary/aromatic N) is 1. The van der Waals surface area contributed by atoms with Crippen molar-refractivity contribution in [2.75, 3.05) is 27.3 Å². The summed E-state index contributed by atoms with van der Waals surface area (Å²) in [7, 11) is 3.35. The smallest absolute Gasteiger partial charge is 0.220 e. The molecule has 2 heterocycles. The molecular weight excluding hydrogens is 204 g/mol. The second-order valence-corrected chi connectivity index (χ2v) is 3.96. The summed E-state index contributed by atoms with van der Waals surface area (Å²) in [5.41, 5.74) is 1.12. The molecule has 0 radical (unpaired) electrons. The highest BCUT2D eigenvalue weighted by Gasteiger charge is 2.23. The molecule has 1 N–H and O–H groups in total. The molecule has 4 nitrogen and oxygen atoms in total. The summed E-state index contributed by atoms with van der Waals surface area (Å²) in [6.45, 7) is 2.09. The Morgan fingerprint density at radius 1 is 1.25 bits per heavy atom. The van der Waals surface area contributed by atoms with Crippen molar-refractivity contribution in [3.8, 4) is 11.6 Å². The van der Waals surface area contributed by atoms with E-state index in [0.717, 1.165) is 37.2 Å². The molecule has 0 atom stereocenters. The van der Waals surface area contributed by atoms with Crippen molar-refractivity contribution in [3.63, 3.8) is 0 Å². The van der Waals surface area contributed by atoms with Gasteiger partial charge < -0.3 is 14.8 Å². The Labute approximate surface area is 96.0 Å². The highest BCUT2D eigenvalue weighted by Crippen LogP contribution is 2.37. The second kappa shape index (κ2) is 5.16. The van der Waals surface area contributed by atoms with E-state index in [9.17, 15) is 0 Å². The van der Waals surface area contributed by atoms with Gasteiger partial charge in [0.25, 0.3) is 0 Å². The number of hydrogen-bond acceptors (Lipinski definition) is 4. The van der Waals surface area contributed by atoms with Gasteiger partial charge in [-0.2, -0.15) is 0 Å². The lowest BCUT2D eigenvalue weighted by Crippen LogP contribution is -2.27. The topological polar surface area (TPSA) is 43.4 Å². The molecule has 0 bridgehead atoms. The molecule has 1 aliphatic heterocycles. The molecule has 0 aromatic carbocycles. The normalized spacial score (nSPS) is 17.1. The molecule has 1 aromatic heterocycles. The monoisotopic (exact) mass is 222 g/mol. The summed E-state index contributed by atoms with van der Waals surface area (Å²) in [5, 5.41) is 3.36. The number of methoxy groups -OCH3 is 2. The van der Waals surface area contributed by atoms with Crippen LogP contribution in [-0.4, -0.2) is 32.3 Å². The summed E-state index contributed by atoms with van der Waals surface area (Å²) in [6.07, 6.45) is 3.94. The van der Waals surface area contributed by atoms with E-state index in [1.165, 1.54) is 0 Å². The highest BCUT2D eigenvalue weighted by molar-refractivity contribution is 5.42. The Bertz CT molecular complexity index is 327. The van der Waals surface area contributed by atoms with Crippen molar-refractivity contribution < 1.29 is 9.47 Å². The van der Waals surface area contributed by atoms with E-state index < -0.39 is 0 Å². The fourth-order valence-electron chi connectivity index (χ4n) is 2.26. The minimum atomic E-state index is 0.486. The lowest BCUT2D eigenvalue weighted by Gasteiger charge is -2.25. The summed E-state index contributed by atoms with van der Waals surface area (Å²) in [6, 6.07) is 1.90. The van der Waals surface area contributed by atoms with Crippen LogP contribution in [0.2, 0.25) is 0 Å². The van der Waals surface area contributed by atoms with Gasteiger partial charge >= 0.3 is 0 Å². The molecule has 4 heteroatoms. The first-order valence-corrected chi connectivity index (χ1v) is 5.64. The quantitative estimate of drug-likeness (QED) is 0.843. The first kappa shape index (κ1) is 11.2. The Morgan fingerprint density at radius 2 is 2.00 bits per heavy atom. The van der Waals surface area contributed by atoms with Gasteiger partial charge in [-0.15, -0.1) is 0 Å². The Kier molecular flexibility index (Phi) is 3.62. The standard InChI is InChI=1S/C12H18N2O2/c1-15-10-5-8-14-12(16-2)11(10)9-3-6-13-7-4-9/h5,8-9,13H,3-4,6-7H2,1-2H3. The fraction of sp³-hybridized carbons (Fsp3) is 0.583. The number of hydrogen-bond donors (Lipinski definition) is 1. The molecular formula is C12H18N2O2. The van der Waals surface area contributed by atoms with Gasteiger partial charge in [0, 0.05) is 6.20 Å². The van der Waals surface area contributed by atoms with Crippen LogP contribution in [0.1, 0.15) is 24.3 Å². The fourth-order valence-corrected chi connectivity index (χ4v) is 2.26. The van der Waals surface area contributed by atoms with Crippen LogP contribution in [0.3, 0.4) is 0 Å². The van der Waals surface area contributed by atoms with E-state index in [4.69, 9.17) is 9.47 Å².